The molecule has 0 bridgehead atoms. The molecule has 8 heteroatoms. The number of nitrogens with one attached hydrogen (secondary N) is 2. The van der Waals surface area contributed by atoms with Crippen LogP contribution in [0.1, 0.15) is 26.2 Å². The standard InChI is InChI=1S/C12H25N3O4S/c1-10(8-13)12(16)14-5-7-20(17,18)15-9-11-4-2-3-6-19-11/h10-11,15H,2-9,13H2,1H3,(H,14,16). The van der Waals surface area contributed by atoms with Crippen LogP contribution in [0, 0.1) is 5.92 Å². The monoisotopic (exact) mass is 307 g/mol. The summed E-state index contributed by atoms with van der Waals surface area (Å²) in [6.45, 7) is 3.03. The van der Waals surface area contributed by atoms with Gasteiger partial charge in [-0.2, -0.15) is 0 Å². The van der Waals surface area contributed by atoms with Crippen molar-refractivity contribution in [1.82, 2.24) is 10.0 Å². The molecule has 1 amide bonds. The lowest BCUT2D eigenvalue weighted by Gasteiger charge is -2.22. The lowest BCUT2D eigenvalue weighted by atomic mass is 10.1. The first kappa shape index (κ1) is 17.4. The maximum atomic E-state index is 11.8. The molecule has 0 aliphatic carbocycles. The molecule has 20 heavy (non-hydrogen) atoms. The van der Waals surface area contributed by atoms with Gasteiger partial charge in [-0.05, 0) is 19.3 Å². The summed E-state index contributed by atoms with van der Waals surface area (Å²) in [5.41, 5.74) is 5.36. The number of nitrogens with two attached hydrogens (primary N) is 1. The molecule has 1 fully saturated rings. The predicted molar refractivity (Wildman–Crippen MR) is 76.6 cm³/mol. The topological polar surface area (TPSA) is 111 Å². The number of carbonyl (C=O) groups is 1. The van der Waals surface area contributed by atoms with Crippen molar-refractivity contribution in [2.24, 2.45) is 11.7 Å². The Bertz CT molecular complexity index is 394. The molecule has 1 saturated heterocycles. The molecule has 1 rings (SSSR count). The molecule has 0 aromatic heterocycles. The third kappa shape index (κ3) is 6.65. The molecule has 118 valence electrons. The second-order valence-corrected chi connectivity index (χ2v) is 7.01. The van der Waals surface area contributed by atoms with Gasteiger partial charge in [0.1, 0.15) is 0 Å². The SMILES string of the molecule is CC(CN)C(=O)NCCS(=O)(=O)NCC1CCCCO1. The molecular formula is C12H25N3O4S. The fourth-order valence-electron chi connectivity index (χ4n) is 1.85. The van der Waals surface area contributed by atoms with Crippen LogP contribution in [0.15, 0.2) is 0 Å². The van der Waals surface area contributed by atoms with Crippen LogP contribution in [0.25, 0.3) is 0 Å². The lowest BCUT2D eigenvalue weighted by molar-refractivity contribution is -0.124. The number of rotatable bonds is 8. The summed E-state index contributed by atoms with van der Waals surface area (Å²) >= 11 is 0. The maximum absolute atomic E-state index is 11.8. The van der Waals surface area contributed by atoms with Gasteiger partial charge in [0.15, 0.2) is 0 Å². The van der Waals surface area contributed by atoms with Gasteiger partial charge < -0.3 is 15.8 Å². The predicted octanol–water partition coefficient (Wildman–Crippen LogP) is -0.814. The van der Waals surface area contributed by atoms with E-state index in [2.05, 4.69) is 10.0 Å². The largest absolute Gasteiger partial charge is 0.377 e. The molecule has 0 spiro atoms. The fraction of sp³-hybridized carbons (Fsp3) is 0.917. The van der Waals surface area contributed by atoms with Crippen molar-refractivity contribution in [3.8, 4) is 0 Å². The van der Waals surface area contributed by atoms with Crippen molar-refractivity contribution in [2.75, 3.05) is 32.0 Å². The van der Waals surface area contributed by atoms with Gasteiger partial charge in [0.2, 0.25) is 15.9 Å². The molecule has 1 aliphatic rings. The molecule has 1 heterocycles. The highest BCUT2D eigenvalue weighted by atomic mass is 32.2. The number of hydrogen-bond donors (Lipinski definition) is 3. The molecule has 2 atom stereocenters. The zero-order valence-electron chi connectivity index (χ0n) is 11.9. The van der Waals surface area contributed by atoms with E-state index in [9.17, 15) is 13.2 Å². The van der Waals surface area contributed by atoms with Gasteiger partial charge in [-0.15, -0.1) is 0 Å². The summed E-state index contributed by atoms with van der Waals surface area (Å²) in [4.78, 5) is 11.4. The van der Waals surface area contributed by atoms with E-state index in [0.717, 1.165) is 19.3 Å². The Labute approximate surface area is 120 Å². The van der Waals surface area contributed by atoms with E-state index in [1.165, 1.54) is 0 Å². The Morgan fingerprint density at radius 2 is 2.20 bits per heavy atom. The Balaban J connectivity index is 2.22. The first-order valence-corrected chi connectivity index (χ1v) is 8.66. The second-order valence-electron chi connectivity index (χ2n) is 5.08. The summed E-state index contributed by atoms with van der Waals surface area (Å²) < 4.78 is 31.5. The van der Waals surface area contributed by atoms with Gasteiger partial charge in [-0.3, -0.25) is 4.79 Å². The first-order chi connectivity index (χ1) is 9.44. The summed E-state index contributed by atoms with van der Waals surface area (Å²) in [6, 6.07) is 0. The highest BCUT2D eigenvalue weighted by molar-refractivity contribution is 7.89. The van der Waals surface area contributed by atoms with Gasteiger partial charge in [0, 0.05) is 32.2 Å². The molecule has 4 N–H and O–H groups in total. The van der Waals surface area contributed by atoms with Gasteiger partial charge >= 0.3 is 0 Å². The summed E-state index contributed by atoms with van der Waals surface area (Å²) in [6.07, 6.45) is 2.95. The number of carbonyl (C=O) groups excluding carboxylic acids is 1. The molecule has 0 radical (unpaired) electrons. The minimum absolute atomic E-state index is 0.0367. The summed E-state index contributed by atoms with van der Waals surface area (Å²) in [5, 5.41) is 2.56. The van der Waals surface area contributed by atoms with Gasteiger partial charge in [-0.25, -0.2) is 13.1 Å². The maximum Gasteiger partial charge on any atom is 0.224 e. The third-order valence-electron chi connectivity index (χ3n) is 3.28. The van der Waals surface area contributed by atoms with Crippen molar-refractivity contribution in [1.29, 1.82) is 0 Å². The van der Waals surface area contributed by atoms with Gasteiger partial charge in [-0.1, -0.05) is 6.92 Å². The Morgan fingerprint density at radius 3 is 2.80 bits per heavy atom. The minimum Gasteiger partial charge on any atom is -0.377 e. The van der Waals surface area contributed by atoms with Crippen LogP contribution in [0.2, 0.25) is 0 Å². The highest BCUT2D eigenvalue weighted by Gasteiger charge is 2.18. The van der Waals surface area contributed by atoms with Gasteiger partial charge in [0.05, 0.1) is 11.9 Å². The van der Waals surface area contributed by atoms with Crippen molar-refractivity contribution < 1.29 is 17.9 Å². The van der Waals surface area contributed by atoms with E-state index in [0.29, 0.717) is 13.2 Å². The zero-order chi connectivity index (χ0) is 15.0. The zero-order valence-corrected chi connectivity index (χ0v) is 12.7. The van der Waals surface area contributed by atoms with E-state index in [4.69, 9.17) is 10.5 Å². The second kappa shape index (κ2) is 8.56. The van der Waals surface area contributed by atoms with E-state index in [1.54, 1.807) is 6.92 Å². The number of amides is 1. The number of sulfonamides is 1. The highest BCUT2D eigenvalue weighted by Crippen LogP contribution is 2.11. The summed E-state index contributed by atoms with van der Waals surface area (Å²) in [7, 11) is -3.39. The van der Waals surface area contributed by atoms with Crippen molar-refractivity contribution >= 4 is 15.9 Å². The van der Waals surface area contributed by atoms with Crippen LogP contribution >= 0.6 is 0 Å². The lowest BCUT2D eigenvalue weighted by Crippen LogP contribution is -2.40. The van der Waals surface area contributed by atoms with E-state index in [1.807, 2.05) is 0 Å². The van der Waals surface area contributed by atoms with Crippen LogP contribution in [-0.4, -0.2) is 52.4 Å². The fourth-order valence-corrected chi connectivity index (χ4v) is 2.81. The molecule has 0 aromatic carbocycles. The van der Waals surface area contributed by atoms with Crippen LogP contribution in [0.5, 0.6) is 0 Å². The average molecular weight is 307 g/mol. The molecule has 0 saturated carbocycles. The minimum atomic E-state index is -3.39. The number of hydrogen-bond acceptors (Lipinski definition) is 5. The smallest absolute Gasteiger partial charge is 0.224 e. The molecule has 2 unspecified atom stereocenters. The Morgan fingerprint density at radius 1 is 1.45 bits per heavy atom. The summed E-state index contributed by atoms with van der Waals surface area (Å²) in [5.74, 6) is -0.664. The number of ether oxygens (including phenoxy) is 1. The Hall–Kier alpha value is -0.700. The van der Waals surface area contributed by atoms with Crippen LogP contribution < -0.4 is 15.8 Å². The van der Waals surface area contributed by atoms with E-state index < -0.39 is 10.0 Å². The normalized spacial score (nSPS) is 21.4. The van der Waals surface area contributed by atoms with Crippen molar-refractivity contribution in [2.45, 2.75) is 32.3 Å². The average Bonchev–Trinajstić information content (AvgIpc) is 2.45. The Kier molecular flexibility index (Phi) is 7.42. The van der Waals surface area contributed by atoms with Crippen LogP contribution in [0.4, 0.5) is 0 Å². The quantitative estimate of drug-likeness (QED) is 0.543. The molecule has 0 aromatic rings. The van der Waals surface area contributed by atoms with Crippen LogP contribution in [0.3, 0.4) is 0 Å². The van der Waals surface area contributed by atoms with Crippen molar-refractivity contribution in [3.63, 3.8) is 0 Å². The van der Waals surface area contributed by atoms with Crippen LogP contribution in [-0.2, 0) is 19.6 Å². The third-order valence-corrected chi connectivity index (χ3v) is 4.62. The van der Waals surface area contributed by atoms with E-state index in [-0.39, 0.29) is 36.8 Å². The first-order valence-electron chi connectivity index (χ1n) is 7.01. The van der Waals surface area contributed by atoms with E-state index >= 15 is 0 Å². The molecular weight excluding hydrogens is 282 g/mol. The molecule has 1 aliphatic heterocycles. The van der Waals surface area contributed by atoms with Gasteiger partial charge in [0.25, 0.3) is 0 Å². The van der Waals surface area contributed by atoms with Crippen molar-refractivity contribution in [3.05, 3.63) is 0 Å². The molecule has 7 nitrogen and oxygen atoms in total.